The molecule has 6 nitrogen and oxygen atoms in total. The van der Waals surface area contributed by atoms with E-state index in [-0.39, 0.29) is 17.2 Å². The number of hydrogen-bond donors (Lipinski definition) is 2. The molecule has 2 aromatic carbocycles. The second-order valence-electron chi connectivity index (χ2n) is 5.91. The Bertz CT molecular complexity index is 770. The van der Waals surface area contributed by atoms with Crippen LogP contribution in [0.15, 0.2) is 42.5 Å². The molecule has 0 aliphatic carbocycles. The molecule has 0 saturated heterocycles. The van der Waals surface area contributed by atoms with Crippen LogP contribution in [0.5, 0.6) is 11.5 Å². The van der Waals surface area contributed by atoms with Crippen LogP contribution in [-0.2, 0) is 0 Å². The van der Waals surface area contributed by atoms with Crippen molar-refractivity contribution in [1.29, 1.82) is 0 Å². The Kier molecular flexibility index (Phi) is 6.00. The normalized spacial score (nSPS) is 10.4. The van der Waals surface area contributed by atoms with Crippen molar-refractivity contribution in [3.05, 3.63) is 53.6 Å². The first-order chi connectivity index (χ1) is 11.9. The first kappa shape index (κ1) is 18.3. The number of carboxylic acid groups (broad SMARTS) is 1. The largest absolute Gasteiger partial charge is 0.495 e. The van der Waals surface area contributed by atoms with E-state index in [9.17, 15) is 9.59 Å². The van der Waals surface area contributed by atoms with Gasteiger partial charge >= 0.3 is 5.97 Å². The van der Waals surface area contributed by atoms with Gasteiger partial charge in [-0.2, -0.15) is 0 Å². The van der Waals surface area contributed by atoms with E-state index >= 15 is 0 Å². The molecule has 0 aliphatic rings. The molecule has 0 aromatic heterocycles. The van der Waals surface area contributed by atoms with Crippen molar-refractivity contribution in [2.45, 2.75) is 13.8 Å². The number of nitrogens with one attached hydrogen (secondary N) is 1. The van der Waals surface area contributed by atoms with Gasteiger partial charge in [0.15, 0.2) is 0 Å². The number of aromatic carboxylic acids is 1. The molecule has 6 heteroatoms. The lowest BCUT2D eigenvalue weighted by molar-refractivity contribution is 0.0696. The predicted octanol–water partition coefficient (Wildman–Crippen LogP) is 3.68. The van der Waals surface area contributed by atoms with E-state index in [4.69, 9.17) is 14.6 Å². The summed E-state index contributed by atoms with van der Waals surface area (Å²) in [6.07, 6.45) is 0. The number of carbonyl (C=O) groups is 2. The number of carbonyl (C=O) groups excluding carboxylic acids is 1. The van der Waals surface area contributed by atoms with E-state index in [1.165, 1.54) is 25.3 Å². The first-order valence-electron chi connectivity index (χ1n) is 7.86. The Morgan fingerprint density at radius 1 is 1.12 bits per heavy atom. The molecule has 0 heterocycles. The first-order valence-corrected chi connectivity index (χ1v) is 7.86. The summed E-state index contributed by atoms with van der Waals surface area (Å²) in [5, 5.41) is 11.7. The monoisotopic (exact) mass is 343 g/mol. The highest BCUT2D eigenvalue weighted by Gasteiger charge is 2.13. The van der Waals surface area contributed by atoms with E-state index in [0.717, 1.165) is 0 Å². The van der Waals surface area contributed by atoms with Crippen LogP contribution < -0.4 is 14.8 Å². The zero-order valence-electron chi connectivity index (χ0n) is 14.4. The minimum atomic E-state index is -1.06. The number of hydrogen-bond acceptors (Lipinski definition) is 4. The van der Waals surface area contributed by atoms with Gasteiger partial charge in [-0.25, -0.2) is 4.79 Å². The lowest BCUT2D eigenvalue weighted by atomic mass is 10.1. The molecule has 1 amide bonds. The summed E-state index contributed by atoms with van der Waals surface area (Å²) in [5.41, 5.74) is 0.913. The molecule has 0 aliphatic heterocycles. The molecule has 132 valence electrons. The zero-order chi connectivity index (χ0) is 18.4. The van der Waals surface area contributed by atoms with Gasteiger partial charge in [-0.05, 0) is 42.3 Å². The number of methoxy groups -OCH3 is 1. The summed E-state index contributed by atoms with van der Waals surface area (Å²) >= 11 is 0. The predicted molar refractivity (Wildman–Crippen MR) is 94.7 cm³/mol. The third-order valence-electron chi connectivity index (χ3n) is 3.38. The Hall–Kier alpha value is -3.02. The van der Waals surface area contributed by atoms with Crippen molar-refractivity contribution >= 4 is 17.6 Å². The van der Waals surface area contributed by atoms with Crippen LogP contribution in [0.25, 0.3) is 0 Å². The third-order valence-corrected chi connectivity index (χ3v) is 3.38. The molecule has 0 radical (unpaired) electrons. The van der Waals surface area contributed by atoms with Gasteiger partial charge in [0.05, 0.1) is 25.0 Å². The summed E-state index contributed by atoms with van der Waals surface area (Å²) in [6, 6.07) is 11.1. The van der Waals surface area contributed by atoms with E-state index in [0.29, 0.717) is 29.5 Å². The van der Waals surface area contributed by atoms with Gasteiger partial charge in [0.1, 0.15) is 11.5 Å². The minimum Gasteiger partial charge on any atom is -0.495 e. The summed E-state index contributed by atoms with van der Waals surface area (Å²) in [4.78, 5) is 23.5. The highest BCUT2D eigenvalue weighted by atomic mass is 16.5. The van der Waals surface area contributed by atoms with E-state index in [2.05, 4.69) is 5.32 Å². The molecule has 0 spiro atoms. The zero-order valence-corrected chi connectivity index (χ0v) is 14.4. The number of rotatable bonds is 7. The summed E-state index contributed by atoms with van der Waals surface area (Å²) in [7, 11) is 1.41. The Morgan fingerprint density at radius 2 is 1.88 bits per heavy atom. The summed E-state index contributed by atoms with van der Waals surface area (Å²) < 4.78 is 10.8. The number of anilines is 1. The van der Waals surface area contributed by atoms with Gasteiger partial charge in [0.2, 0.25) is 0 Å². The summed E-state index contributed by atoms with van der Waals surface area (Å²) in [6.45, 7) is 4.66. The van der Waals surface area contributed by atoms with Crippen LogP contribution >= 0.6 is 0 Å². The number of amides is 1. The van der Waals surface area contributed by atoms with Crippen molar-refractivity contribution in [2.75, 3.05) is 19.0 Å². The van der Waals surface area contributed by atoms with Gasteiger partial charge < -0.3 is 19.9 Å². The van der Waals surface area contributed by atoms with E-state index in [1.54, 1.807) is 24.3 Å². The maximum atomic E-state index is 12.5. The third kappa shape index (κ3) is 4.97. The molecule has 0 saturated carbocycles. The van der Waals surface area contributed by atoms with Crippen LogP contribution in [-0.4, -0.2) is 30.7 Å². The molecule has 0 bridgehead atoms. The molecule has 2 aromatic rings. The molecule has 0 unspecified atom stereocenters. The Balaban J connectivity index is 2.16. The van der Waals surface area contributed by atoms with Crippen LogP contribution in [0.2, 0.25) is 0 Å². The highest BCUT2D eigenvalue weighted by Crippen LogP contribution is 2.26. The molecule has 2 rings (SSSR count). The van der Waals surface area contributed by atoms with Crippen LogP contribution in [0.3, 0.4) is 0 Å². The lowest BCUT2D eigenvalue weighted by Gasteiger charge is -2.12. The van der Waals surface area contributed by atoms with Gasteiger partial charge in [-0.1, -0.05) is 19.9 Å². The van der Waals surface area contributed by atoms with Gasteiger partial charge in [0, 0.05) is 5.56 Å². The standard InChI is InChI=1S/C19H21NO5/c1-12(2)11-25-15-6-4-5-13(9-15)18(21)20-16-8-7-14(19(22)23)10-17(16)24-3/h4-10,12H,11H2,1-3H3,(H,20,21)(H,22,23). The van der Waals surface area contributed by atoms with E-state index in [1.807, 2.05) is 13.8 Å². The topological polar surface area (TPSA) is 84.9 Å². The van der Waals surface area contributed by atoms with Crippen LogP contribution in [0.1, 0.15) is 34.6 Å². The van der Waals surface area contributed by atoms with Crippen molar-refractivity contribution in [2.24, 2.45) is 5.92 Å². The minimum absolute atomic E-state index is 0.0823. The van der Waals surface area contributed by atoms with Crippen LogP contribution in [0.4, 0.5) is 5.69 Å². The number of benzene rings is 2. The molecule has 25 heavy (non-hydrogen) atoms. The fraction of sp³-hybridized carbons (Fsp3) is 0.263. The average Bonchev–Trinajstić information content (AvgIpc) is 2.60. The maximum Gasteiger partial charge on any atom is 0.335 e. The van der Waals surface area contributed by atoms with Crippen molar-refractivity contribution in [1.82, 2.24) is 0 Å². The number of carboxylic acids is 1. The van der Waals surface area contributed by atoms with Gasteiger partial charge in [0.25, 0.3) is 5.91 Å². The van der Waals surface area contributed by atoms with Crippen molar-refractivity contribution in [3.63, 3.8) is 0 Å². The molecule has 0 atom stereocenters. The maximum absolute atomic E-state index is 12.5. The second kappa shape index (κ2) is 8.19. The fourth-order valence-corrected chi connectivity index (χ4v) is 2.11. The fourth-order valence-electron chi connectivity index (χ4n) is 2.11. The van der Waals surface area contributed by atoms with Gasteiger partial charge in [-0.15, -0.1) is 0 Å². The molecular formula is C19H21NO5. The Labute approximate surface area is 146 Å². The van der Waals surface area contributed by atoms with Crippen molar-refractivity contribution < 1.29 is 24.2 Å². The van der Waals surface area contributed by atoms with Gasteiger partial charge in [-0.3, -0.25) is 4.79 Å². The SMILES string of the molecule is COc1cc(C(=O)O)ccc1NC(=O)c1cccc(OCC(C)C)c1. The second-order valence-corrected chi connectivity index (χ2v) is 5.91. The Morgan fingerprint density at radius 3 is 2.52 bits per heavy atom. The molecule has 2 N–H and O–H groups in total. The van der Waals surface area contributed by atoms with E-state index < -0.39 is 5.97 Å². The molecule has 0 fully saturated rings. The van der Waals surface area contributed by atoms with Crippen LogP contribution in [0, 0.1) is 5.92 Å². The quantitative estimate of drug-likeness (QED) is 0.801. The lowest BCUT2D eigenvalue weighted by Crippen LogP contribution is -2.13. The average molecular weight is 343 g/mol. The smallest absolute Gasteiger partial charge is 0.335 e. The number of ether oxygens (including phenoxy) is 2. The summed E-state index contributed by atoms with van der Waals surface area (Å²) in [5.74, 6) is -0.118. The molecular weight excluding hydrogens is 322 g/mol. The van der Waals surface area contributed by atoms with Crippen molar-refractivity contribution in [3.8, 4) is 11.5 Å². The highest BCUT2D eigenvalue weighted by molar-refractivity contribution is 6.05.